The average molecular weight is 297 g/mol. The molecule has 1 aromatic rings. The second kappa shape index (κ2) is 5.59. The molecule has 0 radical (unpaired) electrons. The first-order valence-corrected chi connectivity index (χ1v) is 7.72. The summed E-state index contributed by atoms with van der Waals surface area (Å²) in [6.07, 6.45) is 0.190. The van der Waals surface area contributed by atoms with Crippen LogP contribution in [0.4, 0.5) is 5.69 Å². The van der Waals surface area contributed by atoms with E-state index in [2.05, 4.69) is 10.6 Å². The van der Waals surface area contributed by atoms with Gasteiger partial charge in [0.25, 0.3) is 0 Å². The highest BCUT2D eigenvalue weighted by atomic mass is 32.2. The molecule has 0 aliphatic carbocycles. The van der Waals surface area contributed by atoms with E-state index in [1.165, 1.54) is 0 Å². The van der Waals surface area contributed by atoms with Crippen molar-refractivity contribution in [2.75, 3.05) is 11.9 Å². The van der Waals surface area contributed by atoms with Crippen LogP contribution < -0.4 is 15.8 Å². The number of rotatable bonds is 4. The van der Waals surface area contributed by atoms with Gasteiger partial charge in [-0.15, -0.1) is 0 Å². The molecule has 1 saturated heterocycles. The SMILES string of the molecule is NS(=O)(=O)Cc1ccc(NC(=O)C2CNC(=O)C2)cc1. The van der Waals surface area contributed by atoms with Gasteiger partial charge in [0.1, 0.15) is 0 Å². The molecule has 0 saturated carbocycles. The second-order valence-corrected chi connectivity index (χ2v) is 6.31. The second-order valence-electron chi connectivity index (χ2n) is 4.70. The highest BCUT2D eigenvalue weighted by Crippen LogP contribution is 2.15. The Bertz CT molecular complexity index is 625. The molecular formula is C12H15N3O4S. The van der Waals surface area contributed by atoms with Gasteiger partial charge in [0, 0.05) is 18.7 Å². The van der Waals surface area contributed by atoms with Gasteiger partial charge in [-0.3, -0.25) is 9.59 Å². The lowest BCUT2D eigenvalue weighted by atomic mass is 10.1. The molecule has 108 valence electrons. The van der Waals surface area contributed by atoms with Crippen LogP contribution in [0.1, 0.15) is 12.0 Å². The van der Waals surface area contributed by atoms with Gasteiger partial charge < -0.3 is 10.6 Å². The highest BCUT2D eigenvalue weighted by molar-refractivity contribution is 7.88. The molecule has 2 amide bonds. The Morgan fingerprint density at radius 1 is 1.35 bits per heavy atom. The van der Waals surface area contributed by atoms with Crippen molar-refractivity contribution in [2.24, 2.45) is 11.1 Å². The summed E-state index contributed by atoms with van der Waals surface area (Å²) in [5, 5.41) is 10.2. The normalized spacial score (nSPS) is 18.6. The van der Waals surface area contributed by atoms with E-state index in [9.17, 15) is 18.0 Å². The largest absolute Gasteiger partial charge is 0.355 e. The van der Waals surface area contributed by atoms with Crippen molar-refractivity contribution in [3.05, 3.63) is 29.8 Å². The molecule has 0 spiro atoms. The van der Waals surface area contributed by atoms with Crippen LogP contribution in [0.5, 0.6) is 0 Å². The first-order chi connectivity index (χ1) is 9.33. The van der Waals surface area contributed by atoms with Crippen LogP contribution in [0.3, 0.4) is 0 Å². The lowest BCUT2D eigenvalue weighted by Crippen LogP contribution is -2.24. The molecule has 1 heterocycles. The Morgan fingerprint density at radius 3 is 2.50 bits per heavy atom. The predicted octanol–water partition coefficient (Wildman–Crippen LogP) is -0.450. The van der Waals surface area contributed by atoms with Crippen LogP contribution in [-0.4, -0.2) is 26.8 Å². The first-order valence-electron chi connectivity index (χ1n) is 6.00. The van der Waals surface area contributed by atoms with Crippen molar-refractivity contribution in [2.45, 2.75) is 12.2 Å². The van der Waals surface area contributed by atoms with Crippen molar-refractivity contribution in [1.29, 1.82) is 0 Å². The number of carbonyl (C=O) groups excluding carboxylic acids is 2. The number of primary sulfonamides is 1. The molecular weight excluding hydrogens is 282 g/mol. The van der Waals surface area contributed by atoms with Gasteiger partial charge >= 0.3 is 0 Å². The van der Waals surface area contributed by atoms with Crippen molar-refractivity contribution in [3.8, 4) is 0 Å². The zero-order chi connectivity index (χ0) is 14.8. The Labute approximate surface area is 116 Å². The van der Waals surface area contributed by atoms with Crippen LogP contribution in [0, 0.1) is 5.92 Å². The molecule has 1 aliphatic rings. The van der Waals surface area contributed by atoms with Gasteiger partial charge in [0.05, 0.1) is 11.7 Å². The fraction of sp³-hybridized carbons (Fsp3) is 0.333. The molecule has 1 unspecified atom stereocenters. The first kappa shape index (κ1) is 14.5. The van der Waals surface area contributed by atoms with E-state index >= 15 is 0 Å². The zero-order valence-corrected chi connectivity index (χ0v) is 11.4. The van der Waals surface area contributed by atoms with E-state index in [1.54, 1.807) is 24.3 Å². The Balaban J connectivity index is 1.97. The maximum atomic E-state index is 11.9. The smallest absolute Gasteiger partial charge is 0.229 e. The Hall–Kier alpha value is -1.93. The minimum Gasteiger partial charge on any atom is -0.355 e. The fourth-order valence-corrected chi connectivity index (χ4v) is 2.61. The molecule has 1 aliphatic heterocycles. The van der Waals surface area contributed by atoms with Crippen LogP contribution in [0.2, 0.25) is 0 Å². The van der Waals surface area contributed by atoms with Crippen molar-refractivity contribution in [1.82, 2.24) is 5.32 Å². The van der Waals surface area contributed by atoms with Gasteiger partial charge in [0.2, 0.25) is 21.8 Å². The maximum Gasteiger partial charge on any atom is 0.229 e. The molecule has 2 rings (SSSR count). The average Bonchev–Trinajstić information content (AvgIpc) is 2.77. The van der Waals surface area contributed by atoms with Crippen molar-refractivity contribution in [3.63, 3.8) is 0 Å². The minimum atomic E-state index is -3.57. The molecule has 1 atom stereocenters. The number of hydrogen-bond acceptors (Lipinski definition) is 4. The summed E-state index contributed by atoms with van der Waals surface area (Å²) >= 11 is 0. The fourth-order valence-electron chi connectivity index (χ4n) is 1.95. The lowest BCUT2D eigenvalue weighted by Gasteiger charge is -2.09. The van der Waals surface area contributed by atoms with Crippen LogP contribution in [0.25, 0.3) is 0 Å². The molecule has 20 heavy (non-hydrogen) atoms. The number of benzene rings is 1. The monoisotopic (exact) mass is 297 g/mol. The number of amides is 2. The molecule has 8 heteroatoms. The van der Waals surface area contributed by atoms with E-state index in [1.807, 2.05) is 0 Å². The standard InChI is InChI=1S/C12H15N3O4S/c13-20(18,19)7-8-1-3-10(4-2-8)15-12(17)9-5-11(16)14-6-9/h1-4,9H,5-7H2,(H,14,16)(H,15,17)(H2,13,18,19). The van der Waals surface area contributed by atoms with E-state index in [0.717, 1.165) is 0 Å². The lowest BCUT2D eigenvalue weighted by molar-refractivity contribution is -0.123. The van der Waals surface area contributed by atoms with Crippen LogP contribution >= 0.6 is 0 Å². The number of nitrogens with two attached hydrogens (primary N) is 1. The molecule has 0 aromatic heterocycles. The summed E-state index contributed by atoms with van der Waals surface area (Å²) in [5.74, 6) is -0.981. The summed E-state index contributed by atoms with van der Waals surface area (Å²) in [7, 11) is -3.57. The maximum absolute atomic E-state index is 11.9. The number of anilines is 1. The summed E-state index contributed by atoms with van der Waals surface area (Å²) in [4.78, 5) is 22.9. The predicted molar refractivity (Wildman–Crippen MR) is 73.0 cm³/mol. The number of hydrogen-bond donors (Lipinski definition) is 3. The van der Waals surface area contributed by atoms with Crippen molar-refractivity contribution >= 4 is 27.5 Å². The Morgan fingerprint density at radius 2 is 2.00 bits per heavy atom. The molecule has 1 fully saturated rings. The molecule has 1 aromatic carbocycles. The summed E-state index contributed by atoms with van der Waals surface area (Å²) in [6.45, 7) is 0.341. The summed E-state index contributed by atoms with van der Waals surface area (Å²) in [6, 6.07) is 6.36. The topological polar surface area (TPSA) is 118 Å². The summed E-state index contributed by atoms with van der Waals surface area (Å²) < 4.78 is 21.9. The third-order valence-electron chi connectivity index (χ3n) is 2.94. The van der Waals surface area contributed by atoms with E-state index in [4.69, 9.17) is 5.14 Å². The van der Waals surface area contributed by atoms with E-state index in [-0.39, 0.29) is 29.9 Å². The number of nitrogens with one attached hydrogen (secondary N) is 2. The van der Waals surface area contributed by atoms with Crippen LogP contribution in [0.15, 0.2) is 24.3 Å². The van der Waals surface area contributed by atoms with Gasteiger partial charge in [-0.2, -0.15) is 0 Å². The van der Waals surface area contributed by atoms with E-state index in [0.29, 0.717) is 17.8 Å². The van der Waals surface area contributed by atoms with Gasteiger partial charge in [-0.25, -0.2) is 13.6 Å². The van der Waals surface area contributed by atoms with E-state index < -0.39 is 10.0 Å². The van der Waals surface area contributed by atoms with Crippen LogP contribution in [-0.2, 0) is 25.4 Å². The van der Waals surface area contributed by atoms with Gasteiger partial charge in [-0.05, 0) is 17.7 Å². The molecule has 7 nitrogen and oxygen atoms in total. The number of sulfonamides is 1. The molecule has 0 bridgehead atoms. The number of carbonyl (C=O) groups is 2. The van der Waals surface area contributed by atoms with Crippen molar-refractivity contribution < 1.29 is 18.0 Å². The zero-order valence-electron chi connectivity index (χ0n) is 10.6. The third-order valence-corrected chi connectivity index (χ3v) is 3.67. The molecule has 4 N–H and O–H groups in total. The van der Waals surface area contributed by atoms with Gasteiger partial charge in [-0.1, -0.05) is 12.1 Å². The third kappa shape index (κ3) is 4.04. The quantitative estimate of drug-likeness (QED) is 0.697. The summed E-state index contributed by atoms with van der Waals surface area (Å²) in [5.41, 5.74) is 1.09. The highest BCUT2D eigenvalue weighted by Gasteiger charge is 2.27. The Kier molecular flexibility index (Phi) is 4.05. The van der Waals surface area contributed by atoms with Gasteiger partial charge in [0.15, 0.2) is 0 Å². The minimum absolute atomic E-state index is 0.131.